The van der Waals surface area contributed by atoms with Gasteiger partial charge in [0.05, 0.1) is 31.7 Å². The number of morpholine rings is 1. The van der Waals surface area contributed by atoms with Crippen LogP contribution in [0.2, 0.25) is 0 Å². The van der Waals surface area contributed by atoms with Crippen LogP contribution in [0.5, 0.6) is 0 Å². The Morgan fingerprint density at radius 3 is 2.92 bits per heavy atom. The highest BCUT2D eigenvalue weighted by molar-refractivity contribution is 7.88. The maximum absolute atomic E-state index is 11.7. The Kier molecular flexibility index (Phi) is 4.34. The van der Waals surface area contributed by atoms with Gasteiger partial charge >= 0.3 is 0 Å². The first-order valence-electron chi connectivity index (χ1n) is 8.06. The summed E-state index contributed by atoms with van der Waals surface area (Å²) in [6, 6.07) is 5.45. The minimum atomic E-state index is -3.22. The molecule has 0 aliphatic carbocycles. The van der Waals surface area contributed by atoms with E-state index in [4.69, 9.17) is 9.15 Å². The van der Waals surface area contributed by atoms with Crippen LogP contribution in [-0.4, -0.2) is 70.0 Å². The van der Waals surface area contributed by atoms with Crippen molar-refractivity contribution < 1.29 is 17.6 Å². The quantitative estimate of drug-likeness (QED) is 0.690. The number of ether oxygens (including phenoxy) is 1. The van der Waals surface area contributed by atoms with Gasteiger partial charge in [-0.05, 0) is 18.2 Å². The highest BCUT2D eigenvalue weighted by Crippen LogP contribution is 2.25. The molecule has 3 aromatic heterocycles. The largest absolute Gasteiger partial charge is 0.453 e. The summed E-state index contributed by atoms with van der Waals surface area (Å²) in [5.74, 6) is 1.25. The van der Waals surface area contributed by atoms with Crippen molar-refractivity contribution in [3.63, 3.8) is 0 Å². The van der Waals surface area contributed by atoms with Gasteiger partial charge in [-0.2, -0.15) is 9.40 Å². The number of hydrogen-bond acceptors (Lipinski definition) is 7. The van der Waals surface area contributed by atoms with Crippen molar-refractivity contribution >= 4 is 10.0 Å². The zero-order valence-corrected chi connectivity index (χ0v) is 14.9. The van der Waals surface area contributed by atoms with E-state index in [9.17, 15) is 8.42 Å². The number of furan rings is 1. The van der Waals surface area contributed by atoms with Crippen LogP contribution in [0.3, 0.4) is 0 Å². The second-order valence-corrected chi connectivity index (χ2v) is 8.06. The zero-order valence-electron chi connectivity index (χ0n) is 14.1. The molecule has 0 saturated carbocycles. The molecule has 138 valence electrons. The lowest BCUT2D eigenvalue weighted by molar-refractivity contribution is -0.0120. The van der Waals surface area contributed by atoms with Gasteiger partial charge in [0.15, 0.2) is 11.5 Å². The van der Waals surface area contributed by atoms with E-state index >= 15 is 0 Å². The first-order chi connectivity index (χ1) is 12.5. The molecule has 1 aliphatic heterocycles. The van der Waals surface area contributed by atoms with Crippen molar-refractivity contribution in [1.82, 2.24) is 29.5 Å². The fourth-order valence-corrected chi connectivity index (χ4v) is 3.67. The van der Waals surface area contributed by atoms with Crippen molar-refractivity contribution in [2.75, 3.05) is 26.0 Å². The number of hydrogen-bond donors (Lipinski definition) is 1. The molecule has 3 aromatic rings. The van der Waals surface area contributed by atoms with Gasteiger partial charge in [-0.25, -0.2) is 13.1 Å². The molecule has 11 heteroatoms. The van der Waals surface area contributed by atoms with Crippen molar-refractivity contribution in [3.8, 4) is 22.9 Å². The van der Waals surface area contributed by atoms with Crippen LogP contribution >= 0.6 is 0 Å². The predicted octanol–water partition coefficient (Wildman–Crippen LogP) is 0.589. The van der Waals surface area contributed by atoms with Gasteiger partial charge in [0.25, 0.3) is 0 Å². The van der Waals surface area contributed by atoms with Crippen LogP contribution < -0.4 is 0 Å². The summed E-state index contributed by atoms with van der Waals surface area (Å²) in [6.07, 6.45) is 4.33. The Labute approximate surface area is 149 Å². The monoisotopic (exact) mass is 378 g/mol. The Hall–Kier alpha value is -2.50. The highest BCUT2D eigenvalue weighted by atomic mass is 32.2. The molecule has 1 fully saturated rings. The third-order valence-electron chi connectivity index (χ3n) is 4.12. The lowest BCUT2D eigenvalue weighted by Gasteiger charge is -2.30. The van der Waals surface area contributed by atoms with Gasteiger partial charge in [0, 0.05) is 19.3 Å². The summed E-state index contributed by atoms with van der Waals surface area (Å²) >= 11 is 0. The van der Waals surface area contributed by atoms with Gasteiger partial charge in [-0.1, -0.05) is 5.21 Å². The molecule has 4 heterocycles. The van der Waals surface area contributed by atoms with Crippen molar-refractivity contribution in [3.05, 3.63) is 30.6 Å². The summed E-state index contributed by atoms with van der Waals surface area (Å²) in [5.41, 5.74) is 1.37. The predicted molar refractivity (Wildman–Crippen MR) is 91.5 cm³/mol. The fourth-order valence-electron chi connectivity index (χ4n) is 2.83. The first-order valence-corrected chi connectivity index (χ1v) is 9.91. The molecule has 26 heavy (non-hydrogen) atoms. The Morgan fingerprint density at radius 2 is 2.15 bits per heavy atom. The number of nitrogens with zero attached hydrogens (tertiary/aromatic N) is 5. The first kappa shape index (κ1) is 16.9. The van der Waals surface area contributed by atoms with Crippen LogP contribution in [-0.2, 0) is 21.3 Å². The molecule has 1 aliphatic rings. The average molecular weight is 378 g/mol. The molecule has 0 amide bonds. The Bertz CT molecular complexity index is 978. The average Bonchev–Trinajstić information content (AvgIpc) is 3.35. The number of aromatic nitrogens is 5. The van der Waals surface area contributed by atoms with Crippen molar-refractivity contribution in [2.45, 2.75) is 12.6 Å². The van der Waals surface area contributed by atoms with E-state index in [1.165, 1.54) is 10.6 Å². The minimum Gasteiger partial charge on any atom is -0.453 e. The molecular formula is C15H18N6O4S. The molecule has 1 saturated heterocycles. The van der Waals surface area contributed by atoms with E-state index in [-0.39, 0.29) is 6.10 Å². The Balaban J connectivity index is 1.45. The van der Waals surface area contributed by atoms with Crippen LogP contribution in [0.25, 0.3) is 22.9 Å². The van der Waals surface area contributed by atoms with Gasteiger partial charge < -0.3 is 9.15 Å². The Morgan fingerprint density at radius 1 is 1.31 bits per heavy atom. The SMILES string of the molecule is CS(=O)(=O)N1CCO[C@H](Cn2cc(-c3ccc(-c4ccn[nH]4)o3)nn2)C1. The molecule has 10 nitrogen and oxygen atoms in total. The lowest BCUT2D eigenvalue weighted by atomic mass is 10.3. The molecule has 0 bridgehead atoms. The number of sulfonamides is 1. The van der Waals surface area contributed by atoms with E-state index in [1.807, 2.05) is 18.2 Å². The lowest BCUT2D eigenvalue weighted by Crippen LogP contribution is -2.46. The minimum absolute atomic E-state index is 0.273. The molecule has 0 radical (unpaired) electrons. The van der Waals surface area contributed by atoms with E-state index in [0.29, 0.717) is 43.5 Å². The molecule has 0 unspecified atom stereocenters. The third kappa shape index (κ3) is 3.54. The molecule has 0 aromatic carbocycles. The smallest absolute Gasteiger partial charge is 0.211 e. The van der Waals surface area contributed by atoms with Gasteiger partial charge in [-0.3, -0.25) is 5.10 Å². The van der Waals surface area contributed by atoms with Crippen molar-refractivity contribution in [1.29, 1.82) is 0 Å². The zero-order chi connectivity index (χ0) is 18.1. The molecular weight excluding hydrogens is 360 g/mol. The molecule has 1 atom stereocenters. The third-order valence-corrected chi connectivity index (χ3v) is 5.39. The number of H-pyrrole nitrogens is 1. The number of rotatable bonds is 5. The number of nitrogens with one attached hydrogen (secondary N) is 1. The van der Waals surface area contributed by atoms with Gasteiger partial charge in [0.1, 0.15) is 11.4 Å². The maximum atomic E-state index is 11.7. The van der Waals surface area contributed by atoms with Crippen LogP contribution in [0, 0.1) is 0 Å². The molecule has 4 rings (SSSR count). The summed E-state index contributed by atoms with van der Waals surface area (Å²) in [5, 5.41) is 14.9. The summed E-state index contributed by atoms with van der Waals surface area (Å²) in [7, 11) is -3.22. The maximum Gasteiger partial charge on any atom is 0.211 e. The standard InChI is InChI=1S/C15H18N6O4S/c1-26(22,23)21-6-7-24-11(9-21)8-20-10-13(18-19-20)15-3-2-14(25-15)12-4-5-16-17-12/h2-5,10-11H,6-9H2,1H3,(H,16,17)/t11-/m1/s1. The second-order valence-electron chi connectivity index (χ2n) is 6.07. The van der Waals surface area contributed by atoms with Crippen LogP contribution in [0.15, 0.2) is 35.0 Å². The topological polar surface area (TPSA) is 119 Å². The summed E-state index contributed by atoms with van der Waals surface area (Å²) in [6.45, 7) is 1.46. The second kappa shape index (κ2) is 6.67. The molecule has 0 spiro atoms. The summed E-state index contributed by atoms with van der Waals surface area (Å²) < 4.78 is 37.8. The van der Waals surface area contributed by atoms with Gasteiger partial charge in [-0.15, -0.1) is 5.10 Å². The van der Waals surface area contributed by atoms with E-state index < -0.39 is 10.0 Å². The highest BCUT2D eigenvalue weighted by Gasteiger charge is 2.27. The van der Waals surface area contributed by atoms with Crippen LogP contribution in [0.1, 0.15) is 0 Å². The fraction of sp³-hybridized carbons (Fsp3) is 0.400. The summed E-state index contributed by atoms with van der Waals surface area (Å²) in [4.78, 5) is 0. The van der Waals surface area contributed by atoms with E-state index in [0.717, 1.165) is 5.69 Å². The number of aromatic amines is 1. The van der Waals surface area contributed by atoms with Crippen molar-refractivity contribution in [2.24, 2.45) is 0 Å². The van der Waals surface area contributed by atoms with E-state index in [1.54, 1.807) is 17.1 Å². The normalized spacial score (nSPS) is 19.0. The molecule has 1 N–H and O–H groups in total. The van der Waals surface area contributed by atoms with E-state index in [2.05, 4.69) is 20.5 Å². The van der Waals surface area contributed by atoms with Crippen LogP contribution in [0.4, 0.5) is 0 Å². The van der Waals surface area contributed by atoms with Gasteiger partial charge in [0.2, 0.25) is 10.0 Å².